The van der Waals surface area contributed by atoms with Crippen molar-refractivity contribution in [3.05, 3.63) is 19.6 Å². The van der Waals surface area contributed by atoms with Gasteiger partial charge >= 0.3 is 0 Å². The van der Waals surface area contributed by atoms with E-state index in [0.29, 0.717) is 0 Å². The normalized spacial score (nSPS) is 3.25. The van der Waals surface area contributed by atoms with Gasteiger partial charge in [-0.3, -0.25) is 0 Å². The Morgan fingerprint density at radius 1 is 1.75 bits per heavy atom. The van der Waals surface area contributed by atoms with E-state index in [9.17, 15) is 0 Å². The summed E-state index contributed by atoms with van der Waals surface area (Å²) in [6.45, 7) is 6.50. The molecular weight excluding hydrogens is 155 g/mol. The van der Waals surface area contributed by atoms with Crippen LogP contribution in [0.15, 0.2) is 12.7 Å². The second-order valence-corrected chi connectivity index (χ2v) is 0.289. The summed E-state index contributed by atoms with van der Waals surface area (Å²) in [5, 5.41) is 0. The van der Waals surface area contributed by atoms with Gasteiger partial charge in [-0.15, -0.1) is 6.58 Å². The fraction of sp³-hybridized carbons (Fsp3) is 0. The van der Waals surface area contributed by atoms with E-state index in [1.165, 1.54) is 6.08 Å². The van der Waals surface area contributed by atoms with Crippen molar-refractivity contribution in [2.24, 2.45) is 0 Å². The van der Waals surface area contributed by atoms with Crippen LogP contribution in [-0.4, -0.2) is 23.9 Å². The van der Waals surface area contributed by atoms with E-state index in [1.54, 1.807) is 0 Å². The van der Waals surface area contributed by atoms with Gasteiger partial charge in [0.05, 0.1) is 0 Å². The minimum atomic E-state index is 0. The van der Waals surface area contributed by atoms with Gasteiger partial charge in [-0.25, -0.2) is 0 Å². The molecule has 0 bridgehead atoms. The predicted molar refractivity (Wildman–Crippen MR) is 27.6 cm³/mol. The summed E-state index contributed by atoms with van der Waals surface area (Å²) in [6, 6.07) is 0. The van der Waals surface area contributed by atoms with Gasteiger partial charge in [0.1, 0.15) is 0 Å². The van der Waals surface area contributed by atoms with Gasteiger partial charge in [0.15, 0.2) is 0 Å². The molecule has 0 amide bonds. The van der Waals surface area contributed by atoms with Crippen molar-refractivity contribution < 1.29 is 4.28 Å². The van der Waals surface area contributed by atoms with E-state index in [-0.39, 0.29) is 28.2 Å². The summed E-state index contributed by atoms with van der Waals surface area (Å²) in [5.74, 6) is 0. The SMILES string of the molecule is [CH2]C=C.[HH].[HH].[HH].[Sn]. The summed E-state index contributed by atoms with van der Waals surface area (Å²) in [6.07, 6.45) is 1.50. The molecule has 0 unspecified atom stereocenters. The Kier molecular flexibility index (Phi) is 21.2. The molecule has 0 fully saturated rings. The Hall–Kier alpha value is 0.539. The summed E-state index contributed by atoms with van der Waals surface area (Å²) >= 11 is 0. The molecule has 0 atom stereocenters. The topological polar surface area (TPSA) is 0 Å². The maximum absolute atomic E-state index is 3.25. The first-order valence-electron chi connectivity index (χ1n) is 0.816. The van der Waals surface area contributed by atoms with Crippen LogP contribution in [0.3, 0.4) is 0 Å². The average Bonchev–Trinajstić information content (AvgIpc) is 0.918. The average molecular weight is 166 g/mol. The second kappa shape index (κ2) is 9.63. The van der Waals surface area contributed by atoms with Crippen LogP contribution in [-0.2, 0) is 0 Å². The molecule has 0 saturated heterocycles. The van der Waals surface area contributed by atoms with E-state index in [1.807, 2.05) is 0 Å². The zero-order valence-electron chi connectivity index (χ0n) is 2.49. The predicted octanol–water partition coefficient (Wildman–Crippen LogP) is 1.36. The first kappa shape index (κ1) is 8.82. The summed E-state index contributed by atoms with van der Waals surface area (Å²) in [4.78, 5) is 0. The van der Waals surface area contributed by atoms with Crippen molar-refractivity contribution in [2.75, 3.05) is 0 Å². The molecule has 0 heterocycles. The molecule has 0 spiro atoms. The van der Waals surface area contributed by atoms with Crippen molar-refractivity contribution in [1.29, 1.82) is 0 Å². The Bertz CT molecular complexity index is 17.7. The van der Waals surface area contributed by atoms with Crippen molar-refractivity contribution in [3.8, 4) is 0 Å². The summed E-state index contributed by atoms with van der Waals surface area (Å²) in [5.41, 5.74) is 0. The van der Waals surface area contributed by atoms with Gasteiger partial charge in [0.25, 0.3) is 0 Å². The molecule has 1 heteroatoms. The third-order valence-electron chi connectivity index (χ3n) is 0. The Morgan fingerprint density at radius 3 is 1.75 bits per heavy atom. The van der Waals surface area contributed by atoms with E-state index < -0.39 is 0 Å². The Labute approximate surface area is 48.3 Å². The molecule has 0 aliphatic heterocycles. The fourth-order valence-corrected chi connectivity index (χ4v) is 0. The van der Waals surface area contributed by atoms with E-state index in [2.05, 4.69) is 13.5 Å². The Morgan fingerprint density at radius 2 is 1.75 bits per heavy atom. The van der Waals surface area contributed by atoms with Gasteiger partial charge in [-0.05, 0) is 6.92 Å². The van der Waals surface area contributed by atoms with E-state index in [4.69, 9.17) is 0 Å². The van der Waals surface area contributed by atoms with Crippen molar-refractivity contribution in [1.82, 2.24) is 0 Å². The third kappa shape index (κ3) is 20.7. The molecule has 0 aromatic carbocycles. The van der Waals surface area contributed by atoms with E-state index in [0.717, 1.165) is 0 Å². The third-order valence-corrected chi connectivity index (χ3v) is 0. The molecule has 0 nitrogen and oxygen atoms in total. The van der Waals surface area contributed by atoms with E-state index >= 15 is 0 Å². The number of hydrogen-bond donors (Lipinski definition) is 0. The zero-order chi connectivity index (χ0) is 2.71. The molecule has 0 aliphatic rings. The van der Waals surface area contributed by atoms with Crippen molar-refractivity contribution in [2.45, 2.75) is 0 Å². The Balaban J connectivity index is -0.00000000333. The molecule has 5 radical (unpaired) electrons. The quantitative estimate of drug-likeness (QED) is 0.476. The smallest absolute Gasteiger partial charge is 0 e. The van der Waals surface area contributed by atoms with Crippen LogP contribution in [0.5, 0.6) is 0 Å². The van der Waals surface area contributed by atoms with Crippen LogP contribution in [0.25, 0.3) is 0 Å². The van der Waals surface area contributed by atoms with Crippen LogP contribution in [0.2, 0.25) is 0 Å². The zero-order valence-corrected chi connectivity index (χ0v) is 5.35. The molecule has 0 saturated carbocycles. The maximum atomic E-state index is 3.25. The summed E-state index contributed by atoms with van der Waals surface area (Å²) < 4.78 is 0. The van der Waals surface area contributed by atoms with Gasteiger partial charge in [0.2, 0.25) is 0 Å². The monoisotopic (exact) mass is 167 g/mol. The van der Waals surface area contributed by atoms with Crippen molar-refractivity contribution in [3.63, 3.8) is 0 Å². The van der Waals surface area contributed by atoms with Crippen LogP contribution in [0, 0.1) is 6.92 Å². The second-order valence-electron chi connectivity index (χ2n) is 0.289. The van der Waals surface area contributed by atoms with Gasteiger partial charge in [0, 0.05) is 28.2 Å². The van der Waals surface area contributed by atoms with Crippen LogP contribution in [0.4, 0.5) is 0 Å². The van der Waals surface area contributed by atoms with Gasteiger partial charge < -0.3 is 0 Å². The molecule has 27 valence electrons. The number of hydrogen-bond acceptors (Lipinski definition) is 0. The minimum absolute atomic E-state index is 0. The molecule has 0 N–H and O–H groups in total. The number of rotatable bonds is 0. The van der Waals surface area contributed by atoms with Crippen LogP contribution in [0.1, 0.15) is 4.28 Å². The molecule has 4 heavy (non-hydrogen) atoms. The van der Waals surface area contributed by atoms with Crippen molar-refractivity contribution >= 4 is 23.9 Å². The first-order valence-corrected chi connectivity index (χ1v) is 0.816. The molecule has 0 aromatic rings. The molecule has 0 aliphatic carbocycles. The maximum Gasteiger partial charge on any atom is 0 e. The molecule has 0 rings (SSSR count). The fourth-order valence-electron chi connectivity index (χ4n) is 0. The largest absolute Gasteiger partial charge is 0.103 e. The number of allylic oxidation sites excluding steroid dienone is 1. The minimum Gasteiger partial charge on any atom is -0.103 e. The van der Waals surface area contributed by atoms with Crippen LogP contribution < -0.4 is 0 Å². The first-order chi connectivity index (χ1) is 1.41. The molecule has 0 aromatic heterocycles. The standard InChI is InChI=1S/C3H5.Sn.3H2/c1-3-2;;;;/h3H,1-2H2;;3*1H. The molecular formula is C3H11Sn. The van der Waals surface area contributed by atoms with Gasteiger partial charge in [-0.1, -0.05) is 6.08 Å². The van der Waals surface area contributed by atoms with Gasteiger partial charge in [-0.2, -0.15) is 0 Å². The van der Waals surface area contributed by atoms with Crippen LogP contribution >= 0.6 is 0 Å². The summed E-state index contributed by atoms with van der Waals surface area (Å²) in [7, 11) is 0.